The Morgan fingerprint density at radius 2 is 1.12 bits per heavy atom. The molecule has 1 aliphatic rings. The van der Waals surface area contributed by atoms with Crippen molar-refractivity contribution in [3.05, 3.63) is 175 Å². The molecule has 0 aliphatic heterocycles. The Morgan fingerprint density at radius 3 is 1.67 bits per heavy atom. The van der Waals surface area contributed by atoms with Crippen LogP contribution in [0.3, 0.4) is 0 Å². The van der Waals surface area contributed by atoms with Gasteiger partial charge in [0, 0.05) is 35.0 Å². The van der Waals surface area contributed by atoms with Crippen LogP contribution in [0.5, 0.6) is 0 Å². The lowest BCUT2D eigenvalue weighted by atomic mass is 9.75. The molecule has 0 spiro atoms. The van der Waals surface area contributed by atoms with Gasteiger partial charge in [0.25, 0.3) is 0 Å². The molecule has 0 fully saturated rings. The van der Waals surface area contributed by atoms with Crippen molar-refractivity contribution >= 4 is 11.1 Å². The van der Waals surface area contributed by atoms with Crippen molar-refractivity contribution in [2.45, 2.75) is 12.8 Å². The van der Waals surface area contributed by atoms with Crippen molar-refractivity contribution in [2.24, 2.45) is 5.92 Å². The number of pyridine rings is 3. The molecule has 3 aromatic carbocycles. The highest BCUT2D eigenvalue weighted by molar-refractivity contribution is 5.86. The zero-order chi connectivity index (χ0) is 29.0. The molecule has 0 saturated heterocycles. The molecular formula is C40H31N3. The summed E-state index contributed by atoms with van der Waals surface area (Å²) in [6.45, 7) is 2.31. The van der Waals surface area contributed by atoms with Crippen molar-refractivity contribution in [3.8, 4) is 33.6 Å². The van der Waals surface area contributed by atoms with E-state index in [0.29, 0.717) is 0 Å². The third-order valence-corrected chi connectivity index (χ3v) is 8.20. The van der Waals surface area contributed by atoms with E-state index in [2.05, 4.69) is 122 Å². The fraction of sp³-hybridized carbons (Fsp3) is 0.0750. The topological polar surface area (TPSA) is 38.7 Å². The first-order valence-electron chi connectivity index (χ1n) is 14.7. The lowest BCUT2D eigenvalue weighted by molar-refractivity contribution is 0.652. The Balaban J connectivity index is 1.35. The first-order chi connectivity index (χ1) is 21.2. The molecule has 3 heteroatoms. The van der Waals surface area contributed by atoms with Crippen LogP contribution in [-0.2, 0) is 0 Å². The fourth-order valence-corrected chi connectivity index (χ4v) is 5.89. The van der Waals surface area contributed by atoms with Gasteiger partial charge in [-0.15, -0.1) is 0 Å². The van der Waals surface area contributed by atoms with E-state index in [1.807, 2.05) is 42.7 Å². The summed E-state index contributed by atoms with van der Waals surface area (Å²) in [6, 6.07) is 46.2. The number of benzene rings is 3. The van der Waals surface area contributed by atoms with Gasteiger partial charge >= 0.3 is 0 Å². The Labute approximate surface area is 253 Å². The second kappa shape index (κ2) is 11.8. The SMILES string of the molecule is CC1C(c2ccc(-c3ccccc3)cn2)=CC(c2ccccn2)=CC1c1cc(-c2ccccc2)nc(-c2ccccc2)c1. The summed E-state index contributed by atoms with van der Waals surface area (Å²) < 4.78 is 0. The first kappa shape index (κ1) is 26.5. The van der Waals surface area contributed by atoms with Crippen LogP contribution >= 0.6 is 0 Å². The van der Waals surface area contributed by atoms with Crippen molar-refractivity contribution in [1.29, 1.82) is 0 Å². The monoisotopic (exact) mass is 553 g/mol. The minimum absolute atomic E-state index is 0.0977. The lowest BCUT2D eigenvalue weighted by Crippen LogP contribution is -2.15. The van der Waals surface area contributed by atoms with Crippen LogP contribution in [0.4, 0.5) is 0 Å². The van der Waals surface area contributed by atoms with Gasteiger partial charge < -0.3 is 0 Å². The highest BCUT2D eigenvalue weighted by Crippen LogP contribution is 2.44. The van der Waals surface area contributed by atoms with Crippen molar-refractivity contribution in [2.75, 3.05) is 0 Å². The predicted molar refractivity (Wildman–Crippen MR) is 177 cm³/mol. The second-order valence-electron chi connectivity index (χ2n) is 11.0. The van der Waals surface area contributed by atoms with Crippen molar-refractivity contribution in [3.63, 3.8) is 0 Å². The molecule has 6 aromatic rings. The molecule has 43 heavy (non-hydrogen) atoms. The normalized spacial score (nSPS) is 16.3. The predicted octanol–water partition coefficient (Wildman–Crippen LogP) is 9.77. The number of hydrogen-bond acceptors (Lipinski definition) is 3. The number of hydrogen-bond donors (Lipinski definition) is 0. The summed E-state index contributed by atoms with van der Waals surface area (Å²) in [5.41, 5.74) is 11.9. The molecule has 0 N–H and O–H groups in total. The summed E-state index contributed by atoms with van der Waals surface area (Å²) >= 11 is 0. The average Bonchev–Trinajstić information content (AvgIpc) is 3.10. The lowest BCUT2D eigenvalue weighted by Gasteiger charge is -2.30. The van der Waals surface area contributed by atoms with E-state index in [1.165, 1.54) is 11.1 Å². The zero-order valence-electron chi connectivity index (χ0n) is 24.0. The van der Waals surface area contributed by atoms with Crippen LogP contribution < -0.4 is 0 Å². The molecule has 2 unspecified atom stereocenters. The summed E-state index contributed by atoms with van der Waals surface area (Å²) in [5, 5.41) is 0. The Morgan fingerprint density at radius 1 is 0.512 bits per heavy atom. The number of rotatable bonds is 6. The smallest absolute Gasteiger partial charge is 0.0712 e. The standard InChI is InChI=1S/C40H31N3/c1-28-35(33-25-39(30-15-7-3-8-16-30)43-40(26-33)31-17-9-4-10-18-31)23-34(37-19-11-12-22-41-37)24-36(28)38-21-20-32(27-42-38)29-13-5-2-6-14-29/h2-28,35H,1H3. The fourth-order valence-electron chi connectivity index (χ4n) is 5.89. The van der Waals surface area contributed by atoms with Gasteiger partial charge in [0.15, 0.2) is 0 Å². The maximum Gasteiger partial charge on any atom is 0.0712 e. The van der Waals surface area contributed by atoms with E-state index in [1.54, 1.807) is 0 Å². The molecule has 1 aliphatic carbocycles. The van der Waals surface area contributed by atoms with Gasteiger partial charge in [-0.2, -0.15) is 0 Å². The molecule has 0 amide bonds. The summed E-state index contributed by atoms with van der Waals surface area (Å²) in [7, 11) is 0. The van der Waals surface area contributed by atoms with E-state index in [9.17, 15) is 0 Å². The molecule has 7 rings (SSSR count). The Bertz CT molecular complexity index is 1840. The minimum atomic E-state index is 0.0977. The average molecular weight is 554 g/mol. The van der Waals surface area contributed by atoms with Crippen LogP contribution in [0.1, 0.15) is 29.8 Å². The summed E-state index contributed by atoms with van der Waals surface area (Å²) in [4.78, 5) is 14.8. The van der Waals surface area contributed by atoms with Crippen LogP contribution in [0.25, 0.3) is 44.8 Å². The van der Waals surface area contributed by atoms with E-state index < -0.39 is 0 Å². The van der Waals surface area contributed by atoms with E-state index in [0.717, 1.165) is 50.6 Å². The molecule has 3 aromatic heterocycles. The zero-order valence-corrected chi connectivity index (χ0v) is 24.0. The van der Waals surface area contributed by atoms with Crippen LogP contribution in [0.15, 0.2) is 158 Å². The number of aromatic nitrogens is 3. The maximum atomic E-state index is 5.13. The molecule has 3 nitrogen and oxygen atoms in total. The molecular weight excluding hydrogens is 522 g/mol. The van der Waals surface area contributed by atoms with Crippen LogP contribution in [-0.4, -0.2) is 15.0 Å². The summed E-state index contributed by atoms with van der Waals surface area (Å²) in [6.07, 6.45) is 8.48. The highest BCUT2D eigenvalue weighted by Gasteiger charge is 2.28. The second-order valence-corrected chi connectivity index (χ2v) is 11.0. The first-order valence-corrected chi connectivity index (χ1v) is 14.7. The molecule has 2 atom stereocenters. The molecule has 3 heterocycles. The third kappa shape index (κ3) is 5.58. The highest BCUT2D eigenvalue weighted by atomic mass is 14.7. The Kier molecular flexibility index (Phi) is 7.29. The van der Waals surface area contributed by atoms with Crippen molar-refractivity contribution < 1.29 is 0 Å². The van der Waals surface area contributed by atoms with E-state index in [-0.39, 0.29) is 11.8 Å². The number of allylic oxidation sites excluding steroid dienone is 4. The van der Waals surface area contributed by atoms with Gasteiger partial charge in [0.2, 0.25) is 0 Å². The van der Waals surface area contributed by atoms with Gasteiger partial charge in [0.1, 0.15) is 0 Å². The van der Waals surface area contributed by atoms with Crippen LogP contribution in [0, 0.1) is 5.92 Å². The maximum absolute atomic E-state index is 5.13. The quantitative estimate of drug-likeness (QED) is 0.206. The summed E-state index contributed by atoms with van der Waals surface area (Å²) in [5.74, 6) is 0.276. The van der Waals surface area contributed by atoms with E-state index in [4.69, 9.17) is 15.0 Å². The third-order valence-electron chi connectivity index (χ3n) is 8.20. The van der Waals surface area contributed by atoms with Crippen molar-refractivity contribution in [1.82, 2.24) is 15.0 Å². The molecule has 0 saturated carbocycles. The van der Waals surface area contributed by atoms with Crippen LogP contribution in [0.2, 0.25) is 0 Å². The molecule has 0 radical (unpaired) electrons. The minimum Gasteiger partial charge on any atom is -0.256 e. The van der Waals surface area contributed by atoms with Gasteiger partial charge in [0.05, 0.1) is 22.8 Å². The van der Waals surface area contributed by atoms with Gasteiger partial charge in [-0.3, -0.25) is 9.97 Å². The van der Waals surface area contributed by atoms with Gasteiger partial charge in [-0.1, -0.05) is 116 Å². The largest absolute Gasteiger partial charge is 0.256 e. The molecule has 0 bridgehead atoms. The van der Waals surface area contributed by atoms with E-state index >= 15 is 0 Å². The van der Waals surface area contributed by atoms with Gasteiger partial charge in [-0.25, -0.2) is 4.98 Å². The van der Waals surface area contributed by atoms with Gasteiger partial charge in [-0.05, 0) is 64.6 Å². The Hall–Kier alpha value is -5.41. The molecule has 206 valence electrons. The number of nitrogens with zero attached hydrogens (tertiary/aromatic N) is 3.